The molecule has 0 heteroatoms. The highest BCUT2D eigenvalue weighted by molar-refractivity contribution is 4.65. The molecule has 0 rings (SSSR count). The van der Waals surface area contributed by atoms with Crippen molar-refractivity contribution in [3.63, 3.8) is 0 Å². The molecule has 0 nitrogen and oxygen atoms in total. The van der Waals surface area contributed by atoms with E-state index in [2.05, 4.69) is 34.6 Å². The van der Waals surface area contributed by atoms with Crippen LogP contribution in [0.1, 0.15) is 137 Å². The summed E-state index contributed by atoms with van der Waals surface area (Å²) in [5, 5.41) is 0. The fourth-order valence-corrected chi connectivity index (χ4v) is 3.81. The van der Waals surface area contributed by atoms with E-state index in [0.717, 1.165) is 17.8 Å². The molecule has 0 aliphatic heterocycles. The van der Waals surface area contributed by atoms with Gasteiger partial charge in [-0.2, -0.15) is 0 Å². The van der Waals surface area contributed by atoms with Crippen molar-refractivity contribution < 1.29 is 0 Å². The lowest BCUT2D eigenvalue weighted by molar-refractivity contribution is 0.305. The van der Waals surface area contributed by atoms with Gasteiger partial charge >= 0.3 is 0 Å². The van der Waals surface area contributed by atoms with Gasteiger partial charge < -0.3 is 0 Å². The first kappa shape index (κ1) is 24.0. The third-order valence-electron chi connectivity index (χ3n) is 6.09. The molecular weight excluding hydrogens is 288 g/mol. The lowest BCUT2D eigenvalue weighted by atomic mass is 9.85. The highest BCUT2D eigenvalue weighted by atomic mass is 14.2. The van der Waals surface area contributed by atoms with E-state index < -0.39 is 0 Å². The summed E-state index contributed by atoms with van der Waals surface area (Å²) < 4.78 is 0. The van der Waals surface area contributed by atoms with Crippen LogP contribution in [0.15, 0.2) is 0 Å². The van der Waals surface area contributed by atoms with Crippen LogP contribution in [0.3, 0.4) is 0 Å². The summed E-state index contributed by atoms with van der Waals surface area (Å²) in [5.74, 6) is 2.79. The van der Waals surface area contributed by atoms with Gasteiger partial charge in [-0.25, -0.2) is 0 Å². The van der Waals surface area contributed by atoms with Gasteiger partial charge in [-0.05, 0) is 17.8 Å². The summed E-state index contributed by atoms with van der Waals surface area (Å²) in [5.41, 5.74) is 0. The average molecular weight is 339 g/mol. The largest absolute Gasteiger partial charge is 0.0654 e. The fourth-order valence-electron chi connectivity index (χ4n) is 3.81. The Morgan fingerprint density at radius 3 is 1.42 bits per heavy atom. The van der Waals surface area contributed by atoms with Crippen molar-refractivity contribution in [2.45, 2.75) is 137 Å². The van der Waals surface area contributed by atoms with Crippen LogP contribution in [-0.4, -0.2) is 0 Å². The predicted molar refractivity (Wildman–Crippen MR) is 113 cm³/mol. The second kappa shape index (κ2) is 17.8. The molecule has 0 aliphatic rings. The zero-order valence-corrected chi connectivity index (χ0v) is 18.0. The number of hydrogen-bond donors (Lipinski definition) is 0. The van der Waals surface area contributed by atoms with Gasteiger partial charge in [0.1, 0.15) is 0 Å². The van der Waals surface area contributed by atoms with Gasteiger partial charge in [-0.1, -0.05) is 137 Å². The fraction of sp³-hybridized carbons (Fsp3) is 1.00. The first-order valence-electron chi connectivity index (χ1n) is 11.6. The maximum atomic E-state index is 2.44. The Bertz CT molecular complexity index is 230. The Labute approximate surface area is 155 Å². The van der Waals surface area contributed by atoms with Crippen LogP contribution >= 0.6 is 0 Å². The van der Waals surface area contributed by atoms with Crippen LogP contribution in [0.25, 0.3) is 0 Å². The first-order chi connectivity index (χ1) is 11.6. The first-order valence-corrected chi connectivity index (χ1v) is 11.6. The molecule has 0 saturated carbocycles. The maximum Gasteiger partial charge on any atom is -0.0391 e. The van der Waals surface area contributed by atoms with E-state index in [1.807, 2.05) is 0 Å². The Balaban J connectivity index is 3.47. The highest BCUT2D eigenvalue weighted by Gasteiger charge is 2.13. The molecular formula is C24H50. The van der Waals surface area contributed by atoms with Crippen molar-refractivity contribution in [3.8, 4) is 0 Å². The van der Waals surface area contributed by atoms with E-state index in [1.165, 1.54) is 103 Å². The van der Waals surface area contributed by atoms with Gasteiger partial charge in [0.05, 0.1) is 0 Å². The minimum atomic E-state index is 0.880. The molecule has 24 heavy (non-hydrogen) atoms. The summed E-state index contributed by atoms with van der Waals surface area (Å²) in [4.78, 5) is 0. The Kier molecular flexibility index (Phi) is 17.8. The molecule has 0 heterocycles. The van der Waals surface area contributed by atoms with Gasteiger partial charge in [-0.3, -0.25) is 0 Å². The molecule has 146 valence electrons. The quantitative estimate of drug-likeness (QED) is 0.218. The topological polar surface area (TPSA) is 0 Å². The molecule has 0 spiro atoms. The smallest absolute Gasteiger partial charge is 0.0391 e. The molecule has 0 N–H and O–H groups in total. The average Bonchev–Trinajstić information content (AvgIpc) is 2.57. The van der Waals surface area contributed by atoms with E-state index in [4.69, 9.17) is 0 Å². The van der Waals surface area contributed by atoms with Crippen LogP contribution in [0.5, 0.6) is 0 Å². The Hall–Kier alpha value is 0. The van der Waals surface area contributed by atoms with Crippen LogP contribution in [0, 0.1) is 17.8 Å². The molecule has 0 amide bonds. The zero-order chi connectivity index (χ0) is 18.0. The van der Waals surface area contributed by atoms with E-state index in [-0.39, 0.29) is 0 Å². The summed E-state index contributed by atoms with van der Waals surface area (Å²) >= 11 is 0. The number of rotatable bonds is 18. The second-order valence-electron chi connectivity index (χ2n) is 8.77. The molecule has 0 fully saturated rings. The number of hydrogen-bond acceptors (Lipinski definition) is 0. The monoisotopic (exact) mass is 338 g/mol. The minimum Gasteiger partial charge on any atom is -0.0654 e. The second-order valence-corrected chi connectivity index (χ2v) is 8.77. The molecule has 0 aromatic heterocycles. The van der Waals surface area contributed by atoms with Gasteiger partial charge in [0.15, 0.2) is 0 Å². The van der Waals surface area contributed by atoms with Crippen LogP contribution in [0.4, 0.5) is 0 Å². The molecule has 0 bridgehead atoms. The molecule has 2 unspecified atom stereocenters. The number of unbranched alkanes of at least 4 members (excludes halogenated alkanes) is 10. The van der Waals surface area contributed by atoms with Crippen molar-refractivity contribution in [3.05, 3.63) is 0 Å². The van der Waals surface area contributed by atoms with E-state index in [0.29, 0.717) is 0 Å². The SMILES string of the molecule is CCCCCCCCCCCCCC(CCCC(C)CC)C(C)C. The molecule has 0 aromatic rings. The third-order valence-corrected chi connectivity index (χ3v) is 6.09. The van der Waals surface area contributed by atoms with E-state index >= 15 is 0 Å². The standard InChI is InChI=1S/C24H50/c1-6-8-9-10-11-12-13-14-15-16-17-20-24(22(3)4)21-18-19-23(5)7-2/h22-24H,6-21H2,1-5H3. The van der Waals surface area contributed by atoms with Gasteiger partial charge in [0.2, 0.25) is 0 Å². The normalized spacial score (nSPS) is 14.2. The molecule has 0 radical (unpaired) electrons. The third kappa shape index (κ3) is 15.5. The molecule has 2 atom stereocenters. The molecule has 0 aromatic carbocycles. The highest BCUT2D eigenvalue weighted by Crippen LogP contribution is 2.26. The van der Waals surface area contributed by atoms with Crippen molar-refractivity contribution in [1.29, 1.82) is 0 Å². The van der Waals surface area contributed by atoms with E-state index in [1.54, 1.807) is 0 Å². The summed E-state index contributed by atoms with van der Waals surface area (Å²) in [6.45, 7) is 11.9. The van der Waals surface area contributed by atoms with Crippen molar-refractivity contribution in [1.82, 2.24) is 0 Å². The molecule has 0 aliphatic carbocycles. The van der Waals surface area contributed by atoms with Gasteiger partial charge in [0, 0.05) is 0 Å². The van der Waals surface area contributed by atoms with Crippen LogP contribution in [0.2, 0.25) is 0 Å². The maximum absolute atomic E-state index is 2.44. The van der Waals surface area contributed by atoms with Crippen LogP contribution in [-0.2, 0) is 0 Å². The zero-order valence-electron chi connectivity index (χ0n) is 18.0. The van der Waals surface area contributed by atoms with Gasteiger partial charge in [0.25, 0.3) is 0 Å². The van der Waals surface area contributed by atoms with Gasteiger partial charge in [-0.15, -0.1) is 0 Å². The Morgan fingerprint density at radius 1 is 0.500 bits per heavy atom. The summed E-state index contributed by atoms with van der Waals surface area (Å²) in [7, 11) is 0. The lowest BCUT2D eigenvalue weighted by Crippen LogP contribution is -2.09. The summed E-state index contributed by atoms with van der Waals surface area (Å²) in [6.07, 6.45) is 23.3. The minimum absolute atomic E-state index is 0.880. The Morgan fingerprint density at radius 2 is 0.958 bits per heavy atom. The van der Waals surface area contributed by atoms with Crippen molar-refractivity contribution in [2.75, 3.05) is 0 Å². The van der Waals surface area contributed by atoms with Crippen LogP contribution < -0.4 is 0 Å². The van der Waals surface area contributed by atoms with E-state index in [9.17, 15) is 0 Å². The molecule has 0 saturated heterocycles. The lowest BCUT2D eigenvalue weighted by Gasteiger charge is -2.21. The van der Waals surface area contributed by atoms with Crippen molar-refractivity contribution in [2.24, 2.45) is 17.8 Å². The van der Waals surface area contributed by atoms with Crippen molar-refractivity contribution >= 4 is 0 Å². The summed E-state index contributed by atoms with van der Waals surface area (Å²) in [6, 6.07) is 0. The predicted octanol–water partition coefficient (Wildman–Crippen LogP) is 9.18.